The summed E-state index contributed by atoms with van der Waals surface area (Å²) in [5.74, 6) is 0. The SMILES string of the molecule is CCCCCCCOCP(=O)(CCCCCCC)CCCCCCC. The van der Waals surface area contributed by atoms with Crippen molar-refractivity contribution in [3.8, 4) is 0 Å². The van der Waals surface area contributed by atoms with E-state index in [2.05, 4.69) is 20.8 Å². The Balaban J connectivity index is 4.01. The molecule has 0 spiro atoms. The van der Waals surface area contributed by atoms with E-state index in [-0.39, 0.29) is 0 Å². The second-order valence-corrected chi connectivity index (χ2v) is 11.1. The van der Waals surface area contributed by atoms with Crippen LogP contribution in [0.4, 0.5) is 0 Å². The molecule has 0 aliphatic heterocycles. The first kappa shape index (κ1) is 25.2. The molecule has 0 bridgehead atoms. The van der Waals surface area contributed by atoms with Crippen LogP contribution in [0.3, 0.4) is 0 Å². The summed E-state index contributed by atoms with van der Waals surface area (Å²) in [6.45, 7) is 7.54. The van der Waals surface area contributed by atoms with Crippen LogP contribution in [-0.2, 0) is 9.30 Å². The number of hydrogen-bond donors (Lipinski definition) is 0. The molecule has 0 aromatic carbocycles. The Bertz CT molecular complexity index is 286. The highest BCUT2D eigenvalue weighted by Crippen LogP contribution is 2.47. The minimum atomic E-state index is -2.10. The Morgan fingerprint density at radius 1 is 0.560 bits per heavy atom. The van der Waals surface area contributed by atoms with Crippen LogP contribution >= 0.6 is 7.14 Å². The van der Waals surface area contributed by atoms with Gasteiger partial charge in [-0.25, -0.2) is 0 Å². The number of unbranched alkanes of at least 4 members (excludes halogenated alkanes) is 12. The van der Waals surface area contributed by atoms with Crippen LogP contribution in [0.5, 0.6) is 0 Å². The molecule has 0 aliphatic carbocycles. The van der Waals surface area contributed by atoms with Crippen LogP contribution in [0.2, 0.25) is 0 Å². The summed E-state index contributed by atoms with van der Waals surface area (Å²) in [4.78, 5) is 0. The van der Waals surface area contributed by atoms with E-state index in [1.54, 1.807) is 0 Å². The molecule has 0 atom stereocenters. The summed E-state index contributed by atoms with van der Waals surface area (Å²) in [5.41, 5.74) is 0. The van der Waals surface area contributed by atoms with Gasteiger partial charge in [0.2, 0.25) is 0 Å². The van der Waals surface area contributed by atoms with E-state index < -0.39 is 7.14 Å². The van der Waals surface area contributed by atoms with Crippen LogP contribution in [0, 0.1) is 0 Å². The highest BCUT2D eigenvalue weighted by atomic mass is 31.2. The molecule has 0 radical (unpaired) electrons. The van der Waals surface area contributed by atoms with Gasteiger partial charge in [-0.05, 0) is 19.3 Å². The van der Waals surface area contributed by atoms with Crippen LogP contribution < -0.4 is 0 Å². The van der Waals surface area contributed by atoms with Crippen molar-refractivity contribution in [2.24, 2.45) is 0 Å². The zero-order chi connectivity index (χ0) is 18.6. The molecule has 0 amide bonds. The molecule has 0 heterocycles. The molecule has 152 valence electrons. The average Bonchev–Trinajstić information content (AvgIpc) is 2.61. The predicted octanol–water partition coefficient (Wildman–Crippen LogP) is 8.23. The van der Waals surface area contributed by atoms with Gasteiger partial charge in [-0.3, -0.25) is 0 Å². The van der Waals surface area contributed by atoms with Crippen molar-refractivity contribution >= 4 is 7.14 Å². The standard InChI is InChI=1S/C22H47O2P/c1-4-7-10-13-16-19-24-22-25(23,20-17-14-11-8-5-2)21-18-15-12-9-6-3/h4-22H2,1-3H3. The maximum atomic E-state index is 13.3. The normalized spacial score (nSPS) is 12.0. The lowest BCUT2D eigenvalue weighted by Crippen LogP contribution is -2.05. The fourth-order valence-electron chi connectivity index (χ4n) is 3.29. The topological polar surface area (TPSA) is 26.3 Å². The van der Waals surface area contributed by atoms with Gasteiger partial charge >= 0.3 is 0 Å². The maximum Gasteiger partial charge on any atom is 0.112 e. The summed E-state index contributed by atoms with van der Waals surface area (Å²) < 4.78 is 19.2. The van der Waals surface area contributed by atoms with Gasteiger partial charge in [0.05, 0.1) is 6.35 Å². The fourth-order valence-corrected chi connectivity index (χ4v) is 5.83. The number of rotatable bonds is 20. The van der Waals surface area contributed by atoms with E-state index in [4.69, 9.17) is 4.74 Å². The molecule has 25 heavy (non-hydrogen) atoms. The number of ether oxygens (including phenoxy) is 1. The van der Waals surface area contributed by atoms with E-state index in [9.17, 15) is 4.57 Å². The summed E-state index contributed by atoms with van der Waals surface area (Å²) in [5, 5.41) is 0. The van der Waals surface area contributed by atoms with E-state index in [1.165, 1.54) is 77.0 Å². The van der Waals surface area contributed by atoms with E-state index in [0.29, 0.717) is 6.35 Å². The second kappa shape index (κ2) is 19.0. The monoisotopic (exact) mass is 374 g/mol. The average molecular weight is 375 g/mol. The van der Waals surface area contributed by atoms with Gasteiger partial charge in [0.25, 0.3) is 0 Å². The smallest absolute Gasteiger partial charge is 0.112 e. The van der Waals surface area contributed by atoms with Crippen LogP contribution in [-0.4, -0.2) is 25.3 Å². The summed E-state index contributed by atoms with van der Waals surface area (Å²) >= 11 is 0. The summed E-state index contributed by atoms with van der Waals surface area (Å²) in [7, 11) is -2.10. The van der Waals surface area contributed by atoms with Crippen molar-refractivity contribution in [3.63, 3.8) is 0 Å². The third kappa shape index (κ3) is 17.4. The van der Waals surface area contributed by atoms with Crippen molar-refractivity contribution < 1.29 is 9.30 Å². The molecule has 3 heteroatoms. The van der Waals surface area contributed by atoms with Crippen molar-refractivity contribution in [2.75, 3.05) is 25.3 Å². The molecule has 0 N–H and O–H groups in total. The lowest BCUT2D eigenvalue weighted by Gasteiger charge is -2.19. The molecule has 0 fully saturated rings. The largest absolute Gasteiger partial charge is 0.374 e. The second-order valence-electron chi connectivity index (χ2n) is 7.79. The lowest BCUT2D eigenvalue weighted by atomic mass is 10.2. The zero-order valence-electron chi connectivity index (χ0n) is 17.7. The van der Waals surface area contributed by atoms with Gasteiger partial charge in [-0.1, -0.05) is 97.8 Å². The van der Waals surface area contributed by atoms with Gasteiger partial charge in [0, 0.05) is 18.9 Å². The highest BCUT2D eigenvalue weighted by molar-refractivity contribution is 7.63. The first-order valence-corrected chi connectivity index (χ1v) is 13.6. The molecule has 2 nitrogen and oxygen atoms in total. The summed E-state index contributed by atoms with van der Waals surface area (Å²) in [6.07, 6.45) is 21.2. The molecule has 0 saturated carbocycles. The van der Waals surface area contributed by atoms with Crippen molar-refractivity contribution in [3.05, 3.63) is 0 Å². The molecule has 0 aromatic rings. The van der Waals surface area contributed by atoms with E-state index in [1.807, 2.05) is 0 Å². The maximum absolute atomic E-state index is 13.3. The molecule has 0 rings (SSSR count). The zero-order valence-corrected chi connectivity index (χ0v) is 18.6. The third-order valence-corrected chi connectivity index (χ3v) is 7.97. The van der Waals surface area contributed by atoms with Crippen LogP contribution in [0.15, 0.2) is 0 Å². The Hall–Kier alpha value is 0.190. The van der Waals surface area contributed by atoms with Gasteiger partial charge in [0.1, 0.15) is 7.14 Å². The number of hydrogen-bond acceptors (Lipinski definition) is 2. The van der Waals surface area contributed by atoms with Gasteiger partial charge < -0.3 is 9.30 Å². The minimum Gasteiger partial charge on any atom is -0.374 e. The highest BCUT2D eigenvalue weighted by Gasteiger charge is 2.21. The molecule has 0 saturated heterocycles. The van der Waals surface area contributed by atoms with Crippen molar-refractivity contribution in [2.45, 2.75) is 117 Å². The van der Waals surface area contributed by atoms with Crippen LogP contribution in [0.25, 0.3) is 0 Å². The molecule has 0 aliphatic rings. The van der Waals surface area contributed by atoms with Crippen LogP contribution in [0.1, 0.15) is 117 Å². The lowest BCUT2D eigenvalue weighted by molar-refractivity contribution is 0.169. The Labute approximate surface area is 159 Å². The Morgan fingerprint density at radius 3 is 1.40 bits per heavy atom. The molecular weight excluding hydrogens is 327 g/mol. The first-order valence-electron chi connectivity index (χ1n) is 11.3. The fraction of sp³-hybridized carbons (Fsp3) is 1.00. The van der Waals surface area contributed by atoms with Gasteiger partial charge in [-0.2, -0.15) is 0 Å². The first-order chi connectivity index (χ1) is 12.2. The van der Waals surface area contributed by atoms with E-state index >= 15 is 0 Å². The Kier molecular flexibility index (Phi) is 19.1. The minimum absolute atomic E-state index is 0.544. The quantitative estimate of drug-likeness (QED) is 0.158. The molecule has 0 aromatic heterocycles. The molecule has 0 unspecified atom stereocenters. The van der Waals surface area contributed by atoms with Gasteiger partial charge in [0.15, 0.2) is 0 Å². The van der Waals surface area contributed by atoms with Crippen molar-refractivity contribution in [1.82, 2.24) is 0 Å². The predicted molar refractivity (Wildman–Crippen MR) is 114 cm³/mol. The third-order valence-electron chi connectivity index (χ3n) is 5.06. The van der Waals surface area contributed by atoms with Crippen molar-refractivity contribution in [1.29, 1.82) is 0 Å². The molecular formula is C22H47O2P. The summed E-state index contributed by atoms with van der Waals surface area (Å²) in [6, 6.07) is 0. The van der Waals surface area contributed by atoms with Gasteiger partial charge in [-0.15, -0.1) is 0 Å². The van der Waals surface area contributed by atoms with E-state index in [0.717, 1.165) is 38.2 Å². The Morgan fingerprint density at radius 2 is 0.960 bits per heavy atom.